The van der Waals surface area contributed by atoms with Gasteiger partial charge in [0.2, 0.25) is 0 Å². The average Bonchev–Trinajstić information content (AvgIpc) is 2.47. The van der Waals surface area contributed by atoms with Crippen LogP contribution in [0.1, 0.15) is 77.6 Å². The summed E-state index contributed by atoms with van der Waals surface area (Å²) >= 11 is 7.79. The van der Waals surface area contributed by atoms with Crippen LogP contribution in [0.15, 0.2) is 0 Å². The van der Waals surface area contributed by atoms with Gasteiger partial charge in [-0.3, -0.25) is 0 Å². The predicted octanol–water partition coefficient (Wildman–Crippen LogP) is 4.39. The van der Waals surface area contributed by atoms with Gasteiger partial charge in [0, 0.05) is 0 Å². The van der Waals surface area contributed by atoms with E-state index in [-0.39, 0.29) is 6.61 Å². The minimum absolute atomic E-state index is 0.128. The Hall–Kier alpha value is 0.130. The molecule has 1 atom stereocenters. The molecule has 1 N–H and O–H groups in total. The number of carbonyl (C=O) groups is 1. The molecule has 126 valence electrons. The standard InChI is InChI=1S/C16H32O3S2/c1-2-3-4-5-6-7-8-9-10-11-12-14(13-17)19-15(18)16(20)21/h14,16-17,20-21H,2-13H2,1H3. The Morgan fingerprint density at radius 2 is 1.43 bits per heavy atom. The number of rotatable bonds is 14. The van der Waals surface area contributed by atoms with E-state index in [0.717, 1.165) is 12.8 Å². The summed E-state index contributed by atoms with van der Waals surface area (Å²) in [6.07, 6.45) is 13.0. The Morgan fingerprint density at radius 3 is 1.86 bits per heavy atom. The molecule has 0 aromatic rings. The lowest BCUT2D eigenvalue weighted by Crippen LogP contribution is -2.25. The molecule has 0 aromatic carbocycles. The molecular formula is C16H32O3S2. The molecule has 0 radical (unpaired) electrons. The van der Waals surface area contributed by atoms with Crippen molar-refractivity contribution in [3.05, 3.63) is 0 Å². The summed E-state index contributed by atoms with van der Waals surface area (Å²) < 4.78 is 4.37. The minimum Gasteiger partial charge on any atom is -0.458 e. The van der Waals surface area contributed by atoms with Crippen LogP contribution in [0.2, 0.25) is 0 Å². The molecule has 0 bridgehead atoms. The Kier molecular flexibility index (Phi) is 15.1. The molecular weight excluding hydrogens is 304 g/mol. The highest BCUT2D eigenvalue weighted by Crippen LogP contribution is 2.14. The largest absolute Gasteiger partial charge is 0.458 e. The van der Waals surface area contributed by atoms with Crippen molar-refractivity contribution in [2.24, 2.45) is 0 Å². The number of aliphatic hydroxyl groups is 1. The first-order valence-corrected chi connectivity index (χ1v) is 9.32. The van der Waals surface area contributed by atoms with E-state index in [1.54, 1.807) is 0 Å². The summed E-state index contributed by atoms with van der Waals surface area (Å²) in [5.74, 6) is -0.479. The van der Waals surface area contributed by atoms with Gasteiger partial charge in [0.1, 0.15) is 10.7 Å². The van der Waals surface area contributed by atoms with Gasteiger partial charge in [0.25, 0.3) is 0 Å². The minimum atomic E-state index is -0.730. The summed E-state index contributed by atoms with van der Waals surface area (Å²) in [5.41, 5.74) is 0. The molecule has 0 fully saturated rings. The number of hydrogen-bond acceptors (Lipinski definition) is 5. The van der Waals surface area contributed by atoms with Crippen LogP contribution in [0.4, 0.5) is 0 Å². The number of esters is 1. The van der Waals surface area contributed by atoms with Gasteiger partial charge in [-0.1, -0.05) is 64.7 Å². The van der Waals surface area contributed by atoms with Crippen molar-refractivity contribution in [1.82, 2.24) is 0 Å². The molecule has 0 aliphatic heterocycles. The molecule has 0 heterocycles. The number of ether oxygens (including phenoxy) is 1. The van der Waals surface area contributed by atoms with Crippen molar-refractivity contribution in [2.75, 3.05) is 6.61 Å². The maximum Gasteiger partial charge on any atom is 0.329 e. The molecule has 3 nitrogen and oxygen atoms in total. The van der Waals surface area contributed by atoms with E-state index >= 15 is 0 Å². The first kappa shape index (κ1) is 21.1. The van der Waals surface area contributed by atoms with Crippen LogP contribution in [0.25, 0.3) is 0 Å². The first-order valence-electron chi connectivity index (χ1n) is 8.29. The highest BCUT2D eigenvalue weighted by molar-refractivity contribution is 8.00. The summed E-state index contributed by atoms with van der Waals surface area (Å²) in [6.45, 7) is 2.11. The van der Waals surface area contributed by atoms with Crippen LogP contribution in [0.3, 0.4) is 0 Å². The quantitative estimate of drug-likeness (QED) is 0.191. The van der Waals surface area contributed by atoms with Crippen molar-refractivity contribution in [1.29, 1.82) is 0 Å². The van der Waals surface area contributed by atoms with Crippen molar-refractivity contribution in [3.8, 4) is 0 Å². The van der Waals surface area contributed by atoms with E-state index in [9.17, 15) is 9.90 Å². The molecule has 5 heteroatoms. The molecule has 0 spiro atoms. The van der Waals surface area contributed by atoms with Crippen molar-refractivity contribution in [2.45, 2.75) is 88.2 Å². The molecule has 0 aliphatic carbocycles. The third-order valence-electron chi connectivity index (χ3n) is 3.58. The second-order valence-corrected chi connectivity index (χ2v) is 7.03. The van der Waals surface area contributed by atoms with E-state index in [4.69, 9.17) is 4.74 Å². The molecule has 21 heavy (non-hydrogen) atoms. The van der Waals surface area contributed by atoms with Gasteiger partial charge in [0.15, 0.2) is 0 Å². The highest BCUT2D eigenvalue weighted by Gasteiger charge is 2.16. The Morgan fingerprint density at radius 1 is 0.952 bits per heavy atom. The van der Waals surface area contributed by atoms with Gasteiger partial charge in [-0.2, -0.15) is 25.3 Å². The maximum absolute atomic E-state index is 11.3. The van der Waals surface area contributed by atoms with Crippen LogP contribution in [0, 0.1) is 0 Å². The number of thiol groups is 2. The molecule has 0 rings (SSSR count). The van der Waals surface area contributed by atoms with Crippen molar-refractivity contribution >= 4 is 31.2 Å². The molecule has 0 saturated carbocycles. The molecule has 0 amide bonds. The molecule has 0 aliphatic rings. The topological polar surface area (TPSA) is 46.5 Å². The lowest BCUT2D eigenvalue weighted by molar-refractivity contribution is -0.148. The maximum atomic E-state index is 11.3. The number of aliphatic hydroxyl groups excluding tert-OH is 1. The summed E-state index contributed by atoms with van der Waals surface area (Å²) in [4.78, 5) is 11.3. The third kappa shape index (κ3) is 13.5. The van der Waals surface area contributed by atoms with Gasteiger partial charge < -0.3 is 9.84 Å². The van der Waals surface area contributed by atoms with E-state index < -0.39 is 16.7 Å². The average molecular weight is 337 g/mol. The monoisotopic (exact) mass is 336 g/mol. The normalized spacial score (nSPS) is 12.6. The molecule has 0 aromatic heterocycles. The number of carbonyl (C=O) groups excluding carboxylic acids is 1. The second-order valence-electron chi connectivity index (χ2n) is 5.59. The zero-order valence-electron chi connectivity index (χ0n) is 13.3. The van der Waals surface area contributed by atoms with Gasteiger partial charge >= 0.3 is 5.97 Å². The fourth-order valence-electron chi connectivity index (χ4n) is 2.27. The fourth-order valence-corrected chi connectivity index (χ4v) is 2.39. The van der Waals surface area contributed by atoms with Crippen LogP contribution in [0.5, 0.6) is 0 Å². The van der Waals surface area contributed by atoms with Crippen molar-refractivity contribution in [3.63, 3.8) is 0 Å². The van der Waals surface area contributed by atoms with E-state index in [2.05, 4.69) is 32.2 Å². The zero-order chi connectivity index (χ0) is 15.9. The molecule has 1 unspecified atom stereocenters. The van der Waals surface area contributed by atoms with Crippen LogP contribution >= 0.6 is 25.3 Å². The SMILES string of the molecule is CCCCCCCCCCCCC(CO)OC(=O)C(S)S. The smallest absolute Gasteiger partial charge is 0.329 e. The lowest BCUT2D eigenvalue weighted by atomic mass is 10.0. The fraction of sp³-hybridized carbons (Fsp3) is 0.938. The lowest BCUT2D eigenvalue weighted by Gasteiger charge is -2.16. The Bertz CT molecular complexity index is 248. The summed E-state index contributed by atoms with van der Waals surface area (Å²) in [5, 5.41) is 9.17. The second kappa shape index (κ2) is 15.0. The van der Waals surface area contributed by atoms with Crippen LogP contribution < -0.4 is 0 Å². The molecule has 0 saturated heterocycles. The van der Waals surface area contributed by atoms with Gasteiger partial charge in [-0.05, 0) is 12.8 Å². The van der Waals surface area contributed by atoms with Gasteiger partial charge in [0.05, 0.1) is 6.61 Å². The van der Waals surface area contributed by atoms with E-state index in [0.29, 0.717) is 6.42 Å². The highest BCUT2D eigenvalue weighted by atomic mass is 32.2. The van der Waals surface area contributed by atoms with Crippen molar-refractivity contribution < 1.29 is 14.6 Å². The van der Waals surface area contributed by atoms with E-state index in [1.165, 1.54) is 51.4 Å². The van der Waals surface area contributed by atoms with Gasteiger partial charge in [-0.25, -0.2) is 4.79 Å². The van der Waals surface area contributed by atoms with Crippen LogP contribution in [-0.2, 0) is 9.53 Å². The Labute approximate surface area is 141 Å². The number of hydrogen-bond donors (Lipinski definition) is 3. The van der Waals surface area contributed by atoms with Gasteiger partial charge in [-0.15, -0.1) is 0 Å². The van der Waals surface area contributed by atoms with Crippen LogP contribution in [-0.4, -0.2) is 28.4 Å². The first-order chi connectivity index (χ1) is 10.1. The number of unbranched alkanes of at least 4 members (excludes halogenated alkanes) is 9. The summed E-state index contributed by atoms with van der Waals surface area (Å²) in [7, 11) is 0. The zero-order valence-corrected chi connectivity index (χ0v) is 15.1. The Balaban J connectivity index is 3.41. The third-order valence-corrected chi connectivity index (χ3v) is 4.00. The summed E-state index contributed by atoms with van der Waals surface area (Å²) in [6, 6.07) is 0. The van der Waals surface area contributed by atoms with E-state index in [1.807, 2.05) is 0 Å². The predicted molar refractivity (Wildman–Crippen MR) is 95.2 cm³/mol.